The summed E-state index contributed by atoms with van der Waals surface area (Å²) < 4.78 is 1.46. The fourth-order valence-corrected chi connectivity index (χ4v) is 3.47. The molecule has 0 aliphatic carbocycles. The maximum atomic E-state index is 12.3. The second-order valence-electron chi connectivity index (χ2n) is 5.98. The van der Waals surface area contributed by atoms with Gasteiger partial charge in [-0.3, -0.25) is 14.2 Å². The molecule has 3 heterocycles. The fourth-order valence-electron chi connectivity index (χ4n) is 2.75. The van der Waals surface area contributed by atoms with Gasteiger partial charge < -0.3 is 5.32 Å². The molecule has 1 N–H and O–H groups in total. The molecule has 0 unspecified atom stereocenters. The van der Waals surface area contributed by atoms with E-state index in [-0.39, 0.29) is 24.4 Å². The van der Waals surface area contributed by atoms with Crippen LogP contribution in [0.25, 0.3) is 21.3 Å². The van der Waals surface area contributed by atoms with Gasteiger partial charge in [0.25, 0.3) is 5.56 Å². The summed E-state index contributed by atoms with van der Waals surface area (Å²) in [6.45, 7) is 0.269. The number of fused-ring (bicyclic) bond motifs is 1. The molecule has 27 heavy (non-hydrogen) atoms. The minimum absolute atomic E-state index is 0.126. The molecule has 0 aliphatic heterocycles. The van der Waals surface area contributed by atoms with Crippen LogP contribution >= 0.6 is 11.3 Å². The van der Waals surface area contributed by atoms with E-state index >= 15 is 0 Å². The van der Waals surface area contributed by atoms with Crippen molar-refractivity contribution in [3.8, 4) is 11.1 Å². The summed E-state index contributed by atoms with van der Waals surface area (Å²) in [5.74, 6) is 0.283. The molecule has 1 aromatic carbocycles. The summed E-state index contributed by atoms with van der Waals surface area (Å²) in [4.78, 5) is 33.7. The van der Waals surface area contributed by atoms with Gasteiger partial charge in [0, 0.05) is 24.7 Å². The zero-order chi connectivity index (χ0) is 18.6. The third kappa shape index (κ3) is 3.78. The number of nitrogens with one attached hydrogen (secondary N) is 1. The van der Waals surface area contributed by atoms with E-state index in [1.54, 1.807) is 18.3 Å². The zero-order valence-corrected chi connectivity index (χ0v) is 15.1. The summed E-state index contributed by atoms with van der Waals surface area (Å²) >= 11 is 1.42. The predicted molar refractivity (Wildman–Crippen MR) is 107 cm³/mol. The number of nitrogens with zero attached hydrogens (tertiary/aromatic N) is 3. The first kappa shape index (κ1) is 17.1. The standard InChI is InChI=1S/C20H16N4O2S/c25-18(8-10-24-13-22-19-16(20(24)26)9-11-27-19)23-17-7-6-15(12-21-17)14-4-2-1-3-5-14/h1-7,9,11-13H,8,10H2,(H,21,23,25). The summed E-state index contributed by atoms with van der Waals surface area (Å²) in [5.41, 5.74) is 1.92. The van der Waals surface area contributed by atoms with Gasteiger partial charge in [-0.25, -0.2) is 9.97 Å². The third-order valence-corrected chi connectivity index (χ3v) is 4.99. The van der Waals surface area contributed by atoms with Crippen LogP contribution in [0, 0.1) is 0 Å². The molecule has 3 aromatic heterocycles. The van der Waals surface area contributed by atoms with Gasteiger partial charge in [0.05, 0.1) is 11.7 Å². The fraction of sp³-hybridized carbons (Fsp3) is 0.100. The molecule has 0 radical (unpaired) electrons. The number of pyridine rings is 1. The first-order chi connectivity index (χ1) is 13.2. The van der Waals surface area contributed by atoms with Gasteiger partial charge in [0.1, 0.15) is 10.6 Å². The number of aryl methyl sites for hydroxylation is 1. The SMILES string of the molecule is O=C(CCn1cnc2sccc2c1=O)Nc1ccc(-c2ccccc2)cn1. The van der Waals surface area contributed by atoms with E-state index < -0.39 is 0 Å². The molecule has 0 saturated carbocycles. The average Bonchev–Trinajstić information content (AvgIpc) is 3.18. The Bertz CT molecular complexity index is 1130. The lowest BCUT2D eigenvalue weighted by Crippen LogP contribution is -2.23. The van der Waals surface area contributed by atoms with Gasteiger partial charge in [-0.15, -0.1) is 11.3 Å². The highest BCUT2D eigenvalue weighted by Crippen LogP contribution is 2.19. The number of aromatic nitrogens is 3. The Kier molecular flexibility index (Phi) is 4.76. The van der Waals surface area contributed by atoms with Crippen LogP contribution in [-0.2, 0) is 11.3 Å². The molecule has 0 spiro atoms. The lowest BCUT2D eigenvalue weighted by Gasteiger charge is -2.07. The summed E-state index contributed by atoms with van der Waals surface area (Å²) in [6.07, 6.45) is 3.38. The van der Waals surface area contributed by atoms with E-state index in [1.165, 1.54) is 22.2 Å². The van der Waals surface area contributed by atoms with Crippen LogP contribution in [0.1, 0.15) is 6.42 Å². The van der Waals surface area contributed by atoms with Crippen molar-refractivity contribution < 1.29 is 4.79 Å². The van der Waals surface area contributed by atoms with E-state index in [0.717, 1.165) is 11.1 Å². The number of carbonyl (C=O) groups is 1. The van der Waals surface area contributed by atoms with Gasteiger partial charge >= 0.3 is 0 Å². The second kappa shape index (κ2) is 7.51. The monoisotopic (exact) mass is 376 g/mol. The van der Waals surface area contributed by atoms with Crippen LogP contribution in [0.2, 0.25) is 0 Å². The predicted octanol–water partition coefficient (Wildman–Crippen LogP) is 3.55. The second-order valence-corrected chi connectivity index (χ2v) is 6.87. The number of hydrogen-bond acceptors (Lipinski definition) is 5. The third-order valence-electron chi connectivity index (χ3n) is 4.17. The van der Waals surface area contributed by atoms with Crippen molar-refractivity contribution in [2.75, 3.05) is 5.32 Å². The van der Waals surface area contributed by atoms with Crippen molar-refractivity contribution in [2.24, 2.45) is 0 Å². The van der Waals surface area contributed by atoms with E-state index in [2.05, 4.69) is 15.3 Å². The Labute approximate surface area is 159 Å². The van der Waals surface area contributed by atoms with Gasteiger partial charge in [0.2, 0.25) is 5.91 Å². The maximum Gasteiger partial charge on any atom is 0.262 e. The topological polar surface area (TPSA) is 76.9 Å². The lowest BCUT2D eigenvalue weighted by molar-refractivity contribution is -0.116. The number of thiophene rings is 1. The van der Waals surface area contributed by atoms with Gasteiger partial charge in [-0.05, 0) is 29.1 Å². The highest BCUT2D eigenvalue weighted by atomic mass is 32.1. The number of rotatable bonds is 5. The Morgan fingerprint density at radius 3 is 2.67 bits per heavy atom. The molecule has 4 aromatic rings. The number of anilines is 1. The van der Waals surface area contributed by atoms with Gasteiger partial charge in [0.15, 0.2) is 0 Å². The Morgan fingerprint density at radius 1 is 1.04 bits per heavy atom. The van der Waals surface area contributed by atoms with Crippen LogP contribution in [0.5, 0.6) is 0 Å². The van der Waals surface area contributed by atoms with Crippen molar-refractivity contribution in [1.82, 2.24) is 14.5 Å². The molecule has 1 amide bonds. The number of carbonyl (C=O) groups excluding carboxylic acids is 1. The van der Waals surface area contributed by atoms with Crippen molar-refractivity contribution in [2.45, 2.75) is 13.0 Å². The molecule has 0 aliphatic rings. The molecular weight excluding hydrogens is 360 g/mol. The highest BCUT2D eigenvalue weighted by Gasteiger charge is 2.08. The van der Waals surface area contributed by atoms with E-state index in [1.807, 2.05) is 41.8 Å². The van der Waals surface area contributed by atoms with Crippen LogP contribution in [0.3, 0.4) is 0 Å². The smallest absolute Gasteiger partial charge is 0.262 e. The Balaban J connectivity index is 1.39. The molecular formula is C20H16N4O2S. The van der Waals surface area contributed by atoms with Crippen LogP contribution in [-0.4, -0.2) is 20.4 Å². The molecule has 0 fully saturated rings. The highest BCUT2D eigenvalue weighted by molar-refractivity contribution is 7.16. The maximum absolute atomic E-state index is 12.3. The van der Waals surface area contributed by atoms with Gasteiger partial charge in [-0.1, -0.05) is 30.3 Å². The molecule has 4 rings (SSSR count). The van der Waals surface area contributed by atoms with E-state index in [0.29, 0.717) is 16.0 Å². The largest absolute Gasteiger partial charge is 0.311 e. The van der Waals surface area contributed by atoms with Crippen LogP contribution in [0.4, 0.5) is 5.82 Å². The molecule has 7 heteroatoms. The van der Waals surface area contributed by atoms with Crippen molar-refractivity contribution in [1.29, 1.82) is 0 Å². The summed E-state index contributed by atoms with van der Waals surface area (Å²) in [7, 11) is 0. The Hall–Kier alpha value is -3.32. The summed E-state index contributed by atoms with van der Waals surface area (Å²) in [6, 6.07) is 15.3. The molecule has 0 bridgehead atoms. The minimum atomic E-state index is -0.202. The number of hydrogen-bond donors (Lipinski definition) is 1. The number of benzene rings is 1. The molecule has 6 nitrogen and oxygen atoms in total. The zero-order valence-electron chi connectivity index (χ0n) is 14.3. The van der Waals surface area contributed by atoms with Crippen LogP contribution in [0.15, 0.2) is 71.2 Å². The average molecular weight is 376 g/mol. The lowest BCUT2D eigenvalue weighted by atomic mass is 10.1. The quantitative estimate of drug-likeness (QED) is 0.578. The number of amides is 1. The van der Waals surface area contributed by atoms with Crippen LogP contribution < -0.4 is 10.9 Å². The normalized spacial score (nSPS) is 10.8. The molecule has 0 saturated heterocycles. The van der Waals surface area contributed by atoms with Crippen molar-refractivity contribution in [3.63, 3.8) is 0 Å². The van der Waals surface area contributed by atoms with E-state index in [9.17, 15) is 9.59 Å². The molecule has 134 valence electrons. The minimum Gasteiger partial charge on any atom is -0.311 e. The van der Waals surface area contributed by atoms with Crippen molar-refractivity contribution in [3.05, 3.63) is 76.8 Å². The first-order valence-corrected chi connectivity index (χ1v) is 9.32. The Morgan fingerprint density at radius 2 is 1.89 bits per heavy atom. The first-order valence-electron chi connectivity index (χ1n) is 8.45. The van der Waals surface area contributed by atoms with E-state index in [4.69, 9.17) is 0 Å². The molecule has 0 atom stereocenters. The van der Waals surface area contributed by atoms with Crippen molar-refractivity contribution >= 4 is 33.3 Å². The summed E-state index contributed by atoms with van der Waals surface area (Å²) in [5, 5.41) is 5.18. The van der Waals surface area contributed by atoms with Gasteiger partial charge in [-0.2, -0.15) is 0 Å².